The fourth-order valence-corrected chi connectivity index (χ4v) is 9.09. The number of rotatable bonds is 4. The van der Waals surface area contributed by atoms with Gasteiger partial charge >= 0.3 is 0 Å². The molecule has 1 saturated heterocycles. The number of aromatic hydroxyl groups is 1. The van der Waals surface area contributed by atoms with Gasteiger partial charge in [0.15, 0.2) is 11.5 Å². The van der Waals surface area contributed by atoms with E-state index in [2.05, 4.69) is 24.9 Å². The molecule has 7 rings (SSSR count). The number of hydrogen-bond donors (Lipinski definition) is 2. The molecule has 2 aliphatic heterocycles. The molecule has 2 spiro atoms. The molecule has 6 aliphatic rings. The highest BCUT2D eigenvalue weighted by atomic mass is 16.6. The van der Waals surface area contributed by atoms with Crippen LogP contribution in [0.2, 0.25) is 0 Å². The number of ether oxygens (including phenoxy) is 2. The maximum absolute atomic E-state index is 11.7. The van der Waals surface area contributed by atoms with E-state index >= 15 is 0 Å². The molecule has 164 valence electrons. The van der Waals surface area contributed by atoms with Crippen LogP contribution < -0.4 is 4.74 Å². The zero-order chi connectivity index (χ0) is 21.1. The molecule has 3 unspecified atom stereocenters. The van der Waals surface area contributed by atoms with E-state index in [-0.39, 0.29) is 28.6 Å². The third-order valence-electron chi connectivity index (χ3n) is 10.1. The minimum Gasteiger partial charge on any atom is -0.504 e. The number of likely N-dealkylation sites (tertiary alicyclic amines) is 1. The first-order valence-electron chi connectivity index (χ1n) is 11.8. The first-order valence-corrected chi connectivity index (χ1v) is 11.8. The van der Waals surface area contributed by atoms with Crippen LogP contribution in [0.3, 0.4) is 0 Å². The summed E-state index contributed by atoms with van der Waals surface area (Å²) < 4.78 is 13.2. The Labute approximate surface area is 179 Å². The summed E-state index contributed by atoms with van der Waals surface area (Å²) in [6.45, 7) is 5.19. The van der Waals surface area contributed by atoms with Gasteiger partial charge in [0.05, 0.1) is 5.60 Å². The van der Waals surface area contributed by atoms with Crippen molar-refractivity contribution in [3.05, 3.63) is 23.3 Å². The van der Waals surface area contributed by atoms with Gasteiger partial charge in [0.1, 0.15) is 11.7 Å². The van der Waals surface area contributed by atoms with Crippen LogP contribution >= 0.6 is 0 Å². The summed E-state index contributed by atoms with van der Waals surface area (Å²) in [5.74, 6) is 0.977. The quantitative estimate of drug-likeness (QED) is 0.792. The van der Waals surface area contributed by atoms with E-state index in [0.29, 0.717) is 11.8 Å². The van der Waals surface area contributed by atoms with Crippen LogP contribution in [0.1, 0.15) is 63.5 Å². The van der Waals surface area contributed by atoms with Gasteiger partial charge in [0.2, 0.25) is 0 Å². The Kier molecular flexibility index (Phi) is 3.70. The molecule has 3 saturated carbocycles. The number of aliphatic hydroxyl groups is 1. The Bertz CT molecular complexity index is 915. The summed E-state index contributed by atoms with van der Waals surface area (Å²) in [5.41, 5.74) is 1.21. The standard InChI is InChI=1S/C25H35NO4/c1-5-8-22(2,28)17-14-23-9-10-25(17,29-4)21-24(23)11-12-26(3)18(23)13-15-6-7-16(27)20(30-21)19(15)24/h6-7,17-18,21,27-28H,5,8-14H2,1-4H3/t17?,18-,21-,22?,23-,24+,25?/m1/s1. The summed E-state index contributed by atoms with van der Waals surface area (Å²) in [5, 5.41) is 22.5. The second kappa shape index (κ2) is 5.73. The van der Waals surface area contributed by atoms with Crippen molar-refractivity contribution in [1.29, 1.82) is 0 Å². The van der Waals surface area contributed by atoms with Crippen LogP contribution in [0.5, 0.6) is 11.5 Å². The fourth-order valence-electron chi connectivity index (χ4n) is 9.09. The lowest BCUT2D eigenvalue weighted by Gasteiger charge is -2.74. The third-order valence-corrected chi connectivity index (χ3v) is 10.1. The monoisotopic (exact) mass is 413 g/mol. The van der Waals surface area contributed by atoms with Crippen LogP contribution in [0.25, 0.3) is 0 Å². The van der Waals surface area contributed by atoms with Crippen LogP contribution in [0, 0.1) is 11.3 Å². The molecule has 4 bridgehead atoms. The van der Waals surface area contributed by atoms with Gasteiger partial charge in [-0.3, -0.25) is 0 Å². The van der Waals surface area contributed by atoms with E-state index in [9.17, 15) is 10.2 Å². The lowest BCUT2D eigenvalue weighted by atomic mass is 9.33. The molecule has 0 radical (unpaired) electrons. The molecular weight excluding hydrogens is 378 g/mol. The first kappa shape index (κ1) is 19.4. The van der Waals surface area contributed by atoms with Gasteiger partial charge in [-0.15, -0.1) is 0 Å². The van der Waals surface area contributed by atoms with E-state index in [1.54, 1.807) is 0 Å². The summed E-state index contributed by atoms with van der Waals surface area (Å²) in [6, 6.07) is 4.37. The molecule has 7 atom stereocenters. The number of likely N-dealkylation sites (N-methyl/N-ethyl adjacent to an activating group) is 1. The number of benzene rings is 1. The maximum atomic E-state index is 11.7. The van der Waals surface area contributed by atoms with Crippen LogP contribution in [-0.4, -0.2) is 59.2 Å². The Balaban J connectivity index is 1.64. The summed E-state index contributed by atoms with van der Waals surface area (Å²) >= 11 is 0. The molecule has 0 amide bonds. The van der Waals surface area contributed by atoms with E-state index in [1.807, 2.05) is 20.1 Å². The Morgan fingerprint density at radius 2 is 2.10 bits per heavy atom. The van der Waals surface area contributed by atoms with E-state index in [4.69, 9.17) is 9.47 Å². The van der Waals surface area contributed by atoms with Gasteiger partial charge in [-0.2, -0.15) is 0 Å². The van der Waals surface area contributed by atoms with E-state index < -0.39 is 11.2 Å². The molecule has 2 N–H and O–H groups in total. The molecule has 1 aromatic rings. The number of phenolic OH excluding ortho intramolecular Hbond substituents is 1. The topological polar surface area (TPSA) is 62.2 Å². The molecule has 0 aromatic heterocycles. The van der Waals surface area contributed by atoms with Gasteiger partial charge in [-0.1, -0.05) is 19.4 Å². The molecule has 1 aromatic carbocycles. The molecule has 4 fully saturated rings. The minimum atomic E-state index is -0.798. The highest BCUT2D eigenvalue weighted by Gasteiger charge is 2.81. The molecule has 30 heavy (non-hydrogen) atoms. The van der Waals surface area contributed by atoms with Gasteiger partial charge in [-0.25, -0.2) is 0 Å². The van der Waals surface area contributed by atoms with Gasteiger partial charge in [-0.05, 0) is 70.7 Å². The highest BCUT2D eigenvalue weighted by Crippen LogP contribution is 2.77. The molecular formula is C25H35NO4. The Hall–Kier alpha value is -1.30. The van der Waals surface area contributed by atoms with Crippen LogP contribution in [-0.2, 0) is 16.6 Å². The number of methoxy groups -OCH3 is 1. The van der Waals surface area contributed by atoms with Crippen molar-refractivity contribution >= 4 is 0 Å². The average molecular weight is 414 g/mol. The van der Waals surface area contributed by atoms with Crippen molar-refractivity contribution in [3.8, 4) is 11.5 Å². The van der Waals surface area contributed by atoms with Gasteiger partial charge < -0.3 is 24.6 Å². The van der Waals surface area contributed by atoms with Crippen molar-refractivity contribution in [3.63, 3.8) is 0 Å². The largest absolute Gasteiger partial charge is 0.504 e. The second-order valence-electron chi connectivity index (χ2n) is 11.0. The highest BCUT2D eigenvalue weighted by molar-refractivity contribution is 5.63. The lowest BCUT2D eigenvalue weighted by molar-refractivity contribution is -0.301. The predicted octanol–water partition coefficient (Wildman–Crippen LogP) is 3.39. The van der Waals surface area contributed by atoms with Crippen molar-refractivity contribution in [2.24, 2.45) is 11.3 Å². The maximum Gasteiger partial charge on any atom is 0.165 e. The normalized spacial score (nSPS) is 45.0. The minimum absolute atomic E-state index is 0.0221. The SMILES string of the molecule is CCCC(C)(O)C1C[C@@]23CCC1(OC)[C@@H]1Oc4c(O)ccc5c4[C@@]12CCN(C)[C@@H]3C5. The Morgan fingerprint density at radius 3 is 2.83 bits per heavy atom. The van der Waals surface area contributed by atoms with E-state index in [1.165, 1.54) is 11.1 Å². The van der Waals surface area contributed by atoms with Crippen molar-refractivity contribution in [2.45, 2.75) is 87.6 Å². The van der Waals surface area contributed by atoms with Crippen molar-refractivity contribution in [2.75, 3.05) is 20.7 Å². The zero-order valence-electron chi connectivity index (χ0n) is 18.7. The summed E-state index contributed by atoms with van der Waals surface area (Å²) in [7, 11) is 4.09. The number of piperidine rings is 1. The number of hydrogen-bond acceptors (Lipinski definition) is 5. The Morgan fingerprint density at radius 1 is 1.30 bits per heavy atom. The average Bonchev–Trinajstić information content (AvgIpc) is 3.09. The summed E-state index contributed by atoms with van der Waals surface area (Å²) in [4.78, 5) is 2.56. The van der Waals surface area contributed by atoms with Crippen LogP contribution in [0.15, 0.2) is 12.1 Å². The smallest absolute Gasteiger partial charge is 0.165 e. The number of fused-ring (bicyclic) bond motifs is 2. The number of nitrogens with zero attached hydrogens (tertiary/aromatic N) is 1. The second-order valence-corrected chi connectivity index (χ2v) is 11.0. The van der Waals surface area contributed by atoms with Gasteiger partial charge in [0.25, 0.3) is 0 Å². The molecule has 2 heterocycles. The fraction of sp³-hybridized carbons (Fsp3) is 0.760. The zero-order valence-corrected chi connectivity index (χ0v) is 18.7. The predicted molar refractivity (Wildman–Crippen MR) is 114 cm³/mol. The molecule has 4 aliphatic carbocycles. The van der Waals surface area contributed by atoms with Crippen molar-refractivity contribution in [1.82, 2.24) is 4.90 Å². The molecule has 5 heteroatoms. The summed E-state index contributed by atoms with van der Waals surface area (Å²) in [6.07, 6.45) is 6.57. The van der Waals surface area contributed by atoms with E-state index in [0.717, 1.165) is 51.5 Å². The first-order chi connectivity index (χ1) is 14.3. The number of phenols is 1. The van der Waals surface area contributed by atoms with Crippen LogP contribution in [0.4, 0.5) is 0 Å². The molecule has 5 nitrogen and oxygen atoms in total. The van der Waals surface area contributed by atoms with Crippen molar-refractivity contribution < 1.29 is 19.7 Å². The van der Waals surface area contributed by atoms with Gasteiger partial charge in [0, 0.05) is 35.5 Å². The lowest BCUT2D eigenvalue weighted by Crippen LogP contribution is -2.82. The third kappa shape index (κ3) is 1.85.